The van der Waals surface area contributed by atoms with E-state index in [0.29, 0.717) is 23.7 Å². The van der Waals surface area contributed by atoms with Crippen LogP contribution in [0.1, 0.15) is 107 Å². The molecule has 3 heteroatoms. The fraction of sp³-hybridized carbons (Fsp3) is 0.400. The zero-order valence-corrected chi connectivity index (χ0v) is 21.6. The third-order valence-corrected chi connectivity index (χ3v) is 5.77. The van der Waals surface area contributed by atoms with E-state index in [4.69, 9.17) is 10.7 Å². The number of aromatic nitrogens is 1. The average Bonchev–Trinajstić information content (AvgIpc) is 2.78. The lowest BCUT2D eigenvalue weighted by molar-refractivity contribution is 0.835. The van der Waals surface area contributed by atoms with Crippen LogP contribution in [0.2, 0.25) is 0 Å². The van der Waals surface area contributed by atoms with Gasteiger partial charge in [0.25, 0.3) is 0 Å². The number of anilines is 1. The highest BCUT2D eigenvalue weighted by molar-refractivity contribution is 5.80. The first kappa shape index (κ1) is 26.3. The summed E-state index contributed by atoms with van der Waals surface area (Å²) in [7, 11) is 0. The van der Waals surface area contributed by atoms with Crippen molar-refractivity contribution in [1.82, 2.24) is 4.98 Å². The molecule has 1 heterocycles. The molecule has 0 amide bonds. The molecule has 0 atom stereocenters. The quantitative estimate of drug-likeness (QED) is 0.306. The minimum absolute atomic E-state index is 0.463. The molecule has 0 spiro atoms. The Hall–Kier alpha value is -2.94. The minimum atomic E-state index is 0.463. The predicted octanol–water partition coefficient (Wildman–Crippen LogP) is 8.59. The highest BCUT2D eigenvalue weighted by atomic mass is 14.8. The Morgan fingerprint density at radius 3 is 1.48 bits per heavy atom. The van der Waals surface area contributed by atoms with Crippen LogP contribution in [0.4, 0.5) is 11.4 Å². The van der Waals surface area contributed by atoms with E-state index >= 15 is 0 Å². The van der Waals surface area contributed by atoms with Crippen LogP contribution in [0.3, 0.4) is 0 Å². The number of nitrogens with two attached hydrogens (primary N) is 1. The van der Waals surface area contributed by atoms with Gasteiger partial charge in [0.05, 0.1) is 17.6 Å². The highest BCUT2D eigenvalue weighted by Crippen LogP contribution is 2.34. The van der Waals surface area contributed by atoms with Crippen LogP contribution >= 0.6 is 0 Å². The van der Waals surface area contributed by atoms with E-state index in [1.165, 1.54) is 22.3 Å². The van der Waals surface area contributed by atoms with Crippen molar-refractivity contribution < 1.29 is 0 Å². The maximum Gasteiger partial charge on any atom is 0.0812 e. The number of nitrogen functional groups attached to an aromatic ring is 1. The van der Waals surface area contributed by atoms with Crippen LogP contribution < -0.4 is 5.73 Å². The van der Waals surface area contributed by atoms with Gasteiger partial charge in [0.2, 0.25) is 0 Å². The molecule has 0 fully saturated rings. The van der Waals surface area contributed by atoms with Gasteiger partial charge in [-0.2, -0.15) is 0 Å². The Balaban J connectivity index is 0.000000257. The second-order valence-electron chi connectivity index (χ2n) is 9.77. The van der Waals surface area contributed by atoms with Crippen LogP contribution in [-0.4, -0.2) is 11.2 Å². The molecule has 0 aliphatic carbocycles. The molecule has 2 N–H and O–H groups in total. The maximum atomic E-state index is 6.09. The molecule has 0 aliphatic rings. The summed E-state index contributed by atoms with van der Waals surface area (Å²) in [6, 6.07) is 18.7. The van der Waals surface area contributed by atoms with Crippen molar-refractivity contribution in [3.63, 3.8) is 0 Å². The summed E-state index contributed by atoms with van der Waals surface area (Å²) in [5.74, 6) is 1.95. The second kappa shape index (κ2) is 12.3. The number of para-hydroxylation sites is 2. The van der Waals surface area contributed by atoms with E-state index in [2.05, 4.69) is 96.8 Å². The third kappa shape index (κ3) is 7.28. The van der Waals surface area contributed by atoms with Gasteiger partial charge in [0.1, 0.15) is 0 Å². The lowest BCUT2D eigenvalue weighted by Crippen LogP contribution is -2.02. The normalized spacial score (nSPS) is 11.5. The molecule has 1 aromatic heterocycles. The first-order valence-corrected chi connectivity index (χ1v) is 12.1. The van der Waals surface area contributed by atoms with E-state index in [9.17, 15) is 0 Å². The number of nitrogens with zero attached hydrogens (tertiary/aromatic N) is 2. The average molecular weight is 444 g/mol. The van der Waals surface area contributed by atoms with Gasteiger partial charge in [-0.1, -0.05) is 97.9 Å². The standard InChI is InChI=1S/C18H22N2.C12H19N/c1-13(2)16-9-7-10-17(14(3)4)18(16)20-12-15-8-5-6-11-19-15;1-8(2)10-6-5-7-11(9(3)4)12(10)13/h5-14H,1-4H3;5-9H,13H2,1-4H3. The van der Waals surface area contributed by atoms with Gasteiger partial charge >= 0.3 is 0 Å². The monoisotopic (exact) mass is 443 g/mol. The van der Waals surface area contributed by atoms with Gasteiger partial charge in [0.15, 0.2) is 0 Å². The molecule has 0 saturated carbocycles. The second-order valence-corrected chi connectivity index (χ2v) is 9.77. The van der Waals surface area contributed by atoms with Gasteiger partial charge in [-0.05, 0) is 58.1 Å². The molecule has 2 aromatic carbocycles. The lowest BCUT2D eigenvalue weighted by Gasteiger charge is -2.16. The maximum absolute atomic E-state index is 6.09. The zero-order valence-electron chi connectivity index (χ0n) is 21.6. The first-order chi connectivity index (χ1) is 15.6. The Morgan fingerprint density at radius 1 is 0.636 bits per heavy atom. The van der Waals surface area contributed by atoms with E-state index < -0.39 is 0 Å². The van der Waals surface area contributed by atoms with Crippen molar-refractivity contribution in [2.75, 3.05) is 5.73 Å². The predicted molar refractivity (Wildman–Crippen MR) is 145 cm³/mol. The molecule has 0 bridgehead atoms. The summed E-state index contributed by atoms with van der Waals surface area (Å²) >= 11 is 0. The molecule has 3 nitrogen and oxygen atoms in total. The van der Waals surface area contributed by atoms with Gasteiger partial charge in [-0.3, -0.25) is 9.98 Å². The van der Waals surface area contributed by atoms with Crippen molar-refractivity contribution in [2.45, 2.75) is 79.1 Å². The Kier molecular flexibility index (Phi) is 9.84. The van der Waals surface area contributed by atoms with Gasteiger partial charge < -0.3 is 5.73 Å². The summed E-state index contributed by atoms with van der Waals surface area (Å²) in [5.41, 5.74) is 14.2. The number of rotatable bonds is 6. The number of benzene rings is 2. The number of hydrogen-bond acceptors (Lipinski definition) is 3. The van der Waals surface area contributed by atoms with Crippen molar-refractivity contribution in [3.8, 4) is 0 Å². The van der Waals surface area contributed by atoms with Gasteiger partial charge in [0, 0.05) is 11.9 Å². The van der Waals surface area contributed by atoms with E-state index in [0.717, 1.165) is 17.1 Å². The molecule has 176 valence electrons. The van der Waals surface area contributed by atoms with Crippen LogP contribution in [0.5, 0.6) is 0 Å². The SMILES string of the molecule is CC(C)c1cccc(C(C)C)c1N.CC(C)c1cccc(C(C)C)c1N=Cc1ccccn1. The van der Waals surface area contributed by atoms with Crippen molar-refractivity contribution in [2.24, 2.45) is 4.99 Å². The number of hydrogen-bond donors (Lipinski definition) is 1. The molecule has 3 rings (SSSR count). The van der Waals surface area contributed by atoms with Crippen molar-refractivity contribution in [3.05, 3.63) is 88.7 Å². The fourth-order valence-electron chi connectivity index (χ4n) is 3.85. The van der Waals surface area contributed by atoms with Crippen LogP contribution in [0.25, 0.3) is 0 Å². The smallest absolute Gasteiger partial charge is 0.0812 e. The topological polar surface area (TPSA) is 51.3 Å². The molecule has 0 aliphatic heterocycles. The lowest BCUT2D eigenvalue weighted by atomic mass is 9.93. The van der Waals surface area contributed by atoms with E-state index in [1.54, 1.807) is 6.20 Å². The summed E-state index contributed by atoms with van der Waals surface area (Å²) in [6.07, 6.45) is 3.64. The Morgan fingerprint density at radius 2 is 1.09 bits per heavy atom. The van der Waals surface area contributed by atoms with Gasteiger partial charge in [-0.25, -0.2) is 0 Å². The highest BCUT2D eigenvalue weighted by Gasteiger charge is 2.12. The molecule has 0 radical (unpaired) electrons. The van der Waals surface area contributed by atoms with Crippen molar-refractivity contribution >= 4 is 17.6 Å². The summed E-state index contributed by atoms with van der Waals surface area (Å²) in [5, 5.41) is 0. The largest absolute Gasteiger partial charge is 0.398 e. The summed E-state index contributed by atoms with van der Waals surface area (Å²) in [4.78, 5) is 9.02. The third-order valence-electron chi connectivity index (χ3n) is 5.77. The first-order valence-electron chi connectivity index (χ1n) is 12.1. The van der Waals surface area contributed by atoms with E-state index in [-0.39, 0.29) is 0 Å². The number of pyridine rings is 1. The molecule has 3 aromatic rings. The summed E-state index contributed by atoms with van der Waals surface area (Å²) in [6.45, 7) is 17.5. The zero-order chi connectivity index (χ0) is 24.5. The van der Waals surface area contributed by atoms with Crippen LogP contribution in [-0.2, 0) is 0 Å². The van der Waals surface area contributed by atoms with Crippen LogP contribution in [0, 0.1) is 0 Å². The fourth-order valence-corrected chi connectivity index (χ4v) is 3.85. The van der Waals surface area contributed by atoms with Crippen molar-refractivity contribution in [1.29, 1.82) is 0 Å². The summed E-state index contributed by atoms with van der Waals surface area (Å²) < 4.78 is 0. The molecule has 0 saturated heterocycles. The van der Waals surface area contributed by atoms with Crippen LogP contribution in [0.15, 0.2) is 65.8 Å². The Labute approximate surface area is 201 Å². The molecule has 33 heavy (non-hydrogen) atoms. The minimum Gasteiger partial charge on any atom is -0.398 e. The molecular weight excluding hydrogens is 402 g/mol. The van der Waals surface area contributed by atoms with Gasteiger partial charge in [-0.15, -0.1) is 0 Å². The Bertz CT molecular complexity index is 979. The number of aliphatic imine (C=N–C) groups is 1. The van der Waals surface area contributed by atoms with E-state index in [1.807, 2.05) is 24.4 Å². The molecule has 0 unspecified atom stereocenters. The molecular formula is C30H41N3.